The molecule has 0 aliphatic heterocycles. The first kappa shape index (κ1) is 36.1. The molecule has 3 rings (SSSR count). The molecule has 3 aliphatic rings. The maximum Gasteiger partial charge on any atom is -0.0533 e. The molecule has 0 saturated heterocycles. The molecule has 0 aromatic rings. The monoisotopic (exact) mass is 264 g/mol. The molecule has 0 unspecified atom stereocenters. The molecule has 0 atom stereocenters. The molecule has 3 fully saturated rings. The van der Waals surface area contributed by atoms with Gasteiger partial charge in [-0.2, -0.15) is 0 Å². The summed E-state index contributed by atoms with van der Waals surface area (Å²) in [5.41, 5.74) is 0. The minimum Gasteiger partial charge on any atom is -0.0776 e. The van der Waals surface area contributed by atoms with E-state index in [0.29, 0.717) is 0 Å². The van der Waals surface area contributed by atoms with Crippen LogP contribution in [0.4, 0.5) is 0 Å². The highest BCUT2D eigenvalue weighted by molar-refractivity contribution is 4.51. The summed E-state index contributed by atoms with van der Waals surface area (Å²) in [6.45, 7) is 0. The zero-order valence-corrected chi connectivity index (χ0v) is 8.49. The Hall–Kier alpha value is 0. The Kier molecular flexibility index (Phi) is 60.7. The van der Waals surface area contributed by atoms with Gasteiger partial charge in [0.1, 0.15) is 0 Å². The molecule has 0 radical (unpaired) electrons. The first-order valence-electron chi connectivity index (χ1n) is 6.00. The molecular formula is C18H48. The van der Waals surface area contributed by atoms with E-state index in [9.17, 15) is 0 Å². The van der Waals surface area contributed by atoms with Gasteiger partial charge in [0, 0.05) is 0 Å². The molecule has 0 amide bonds. The van der Waals surface area contributed by atoms with Gasteiger partial charge in [-0.3, -0.25) is 0 Å². The lowest BCUT2D eigenvalue weighted by atomic mass is 10.0. The van der Waals surface area contributed by atoms with E-state index in [4.69, 9.17) is 0 Å². The zero-order chi connectivity index (χ0) is 8.49. The maximum absolute atomic E-state index is 1.50. The van der Waals surface area contributed by atoms with Crippen molar-refractivity contribution in [1.29, 1.82) is 0 Å². The van der Waals surface area contributed by atoms with Gasteiger partial charge in [-0.1, -0.05) is 122 Å². The predicted molar refractivity (Wildman–Crippen MR) is 95.8 cm³/mol. The molecule has 0 spiro atoms. The fraction of sp³-hybridized carbons (Fsp3) is 1.00. The molecule has 0 aromatic carbocycles. The van der Waals surface area contributed by atoms with Crippen molar-refractivity contribution in [2.45, 2.75) is 122 Å². The second kappa shape index (κ2) is 30.2. The van der Waals surface area contributed by atoms with Crippen LogP contribution < -0.4 is 0 Å². The summed E-state index contributed by atoms with van der Waals surface area (Å²) in [5, 5.41) is 0. The molecule has 0 bridgehead atoms. The third-order valence-electron chi connectivity index (χ3n) is 3.00. The van der Waals surface area contributed by atoms with Crippen molar-refractivity contribution in [3.05, 3.63) is 0 Å². The third kappa shape index (κ3) is 25.0. The number of hydrogen-bond donors (Lipinski definition) is 0. The van der Waals surface area contributed by atoms with Crippen LogP contribution in [0.25, 0.3) is 0 Å². The highest BCUT2D eigenvalue weighted by atomic mass is 14.0. The van der Waals surface area contributed by atoms with Crippen LogP contribution in [0.1, 0.15) is 122 Å². The molecule has 0 nitrogen and oxygen atoms in total. The fourth-order valence-electron chi connectivity index (χ4n) is 0.750. The van der Waals surface area contributed by atoms with Crippen molar-refractivity contribution in [2.24, 2.45) is 0 Å². The molecule has 0 heteroatoms. The van der Waals surface area contributed by atoms with Gasteiger partial charge in [-0.05, 0) is 0 Å². The molecule has 0 aromatic heterocycles. The minimum atomic E-state index is 0. The van der Waals surface area contributed by atoms with Crippen molar-refractivity contribution in [2.75, 3.05) is 0 Å². The van der Waals surface area contributed by atoms with E-state index in [1.807, 2.05) is 0 Å². The van der Waals surface area contributed by atoms with Crippen LogP contribution in [-0.2, 0) is 0 Å². The largest absolute Gasteiger partial charge is 0.0776 e. The first-order chi connectivity index (χ1) is 6.00. The lowest BCUT2D eigenvalue weighted by molar-refractivity contribution is 0.504. The summed E-state index contributed by atoms with van der Waals surface area (Å²) in [7, 11) is 0. The second-order valence-corrected chi connectivity index (χ2v) is 4.24. The van der Waals surface area contributed by atoms with Gasteiger partial charge in [0.25, 0.3) is 0 Å². The van der Waals surface area contributed by atoms with Crippen LogP contribution in [0, 0.1) is 0 Å². The van der Waals surface area contributed by atoms with Gasteiger partial charge >= 0.3 is 0 Å². The second-order valence-electron chi connectivity index (χ2n) is 4.24. The summed E-state index contributed by atoms with van der Waals surface area (Å²) in [6.07, 6.45) is 18.0. The highest BCUT2D eigenvalue weighted by Crippen LogP contribution is 2.15. The van der Waals surface area contributed by atoms with Crippen molar-refractivity contribution < 1.29 is 0 Å². The summed E-state index contributed by atoms with van der Waals surface area (Å²) in [4.78, 5) is 0. The van der Waals surface area contributed by atoms with Gasteiger partial charge < -0.3 is 0 Å². The van der Waals surface area contributed by atoms with Crippen LogP contribution >= 0.6 is 0 Å². The van der Waals surface area contributed by atoms with Crippen molar-refractivity contribution in [3.63, 3.8) is 0 Å². The molecule has 18 heavy (non-hydrogen) atoms. The van der Waals surface area contributed by atoms with Gasteiger partial charge in [0.2, 0.25) is 0 Å². The van der Waals surface area contributed by atoms with E-state index < -0.39 is 0 Å². The van der Waals surface area contributed by atoms with Crippen LogP contribution in [0.2, 0.25) is 0 Å². The van der Waals surface area contributed by atoms with Crippen LogP contribution in [0.3, 0.4) is 0 Å². The average Bonchev–Trinajstić information content (AvgIpc) is 1.41. The van der Waals surface area contributed by atoms with E-state index in [1.165, 1.54) is 77.0 Å². The SMILES string of the molecule is C.C.C.C.C.C.C1CCC1.C1CCC1.C1CCC1. The third-order valence-corrected chi connectivity index (χ3v) is 3.00. The average molecular weight is 265 g/mol. The van der Waals surface area contributed by atoms with Crippen LogP contribution in [-0.4, -0.2) is 0 Å². The quantitative estimate of drug-likeness (QED) is 0.411. The van der Waals surface area contributed by atoms with Gasteiger partial charge in [-0.25, -0.2) is 0 Å². The Morgan fingerprint density at radius 2 is 0.222 bits per heavy atom. The summed E-state index contributed by atoms with van der Waals surface area (Å²) < 4.78 is 0. The maximum atomic E-state index is 1.50. The van der Waals surface area contributed by atoms with Crippen LogP contribution in [0.5, 0.6) is 0 Å². The smallest absolute Gasteiger partial charge is 0.0533 e. The summed E-state index contributed by atoms with van der Waals surface area (Å²) in [5.74, 6) is 0. The van der Waals surface area contributed by atoms with Gasteiger partial charge in [0.05, 0.1) is 0 Å². The van der Waals surface area contributed by atoms with E-state index in [-0.39, 0.29) is 44.6 Å². The molecular weight excluding hydrogens is 216 g/mol. The van der Waals surface area contributed by atoms with Gasteiger partial charge in [-0.15, -0.1) is 0 Å². The minimum absolute atomic E-state index is 0. The molecule has 0 N–H and O–H groups in total. The number of rotatable bonds is 0. The fourth-order valence-corrected chi connectivity index (χ4v) is 0.750. The van der Waals surface area contributed by atoms with E-state index >= 15 is 0 Å². The zero-order valence-electron chi connectivity index (χ0n) is 8.49. The Morgan fingerprint density at radius 3 is 0.222 bits per heavy atom. The highest BCUT2D eigenvalue weighted by Gasteiger charge is 1.96. The van der Waals surface area contributed by atoms with Crippen molar-refractivity contribution in [3.8, 4) is 0 Å². The van der Waals surface area contributed by atoms with Gasteiger partial charge in [0.15, 0.2) is 0 Å². The Balaban J connectivity index is -0.0000000257. The number of hydrogen-bond acceptors (Lipinski definition) is 0. The van der Waals surface area contributed by atoms with E-state index in [2.05, 4.69) is 0 Å². The Bertz CT molecular complexity index is 43.0. The molecule has 3 saturated carbocycles. The Morgan fingerprint density at radius 1 is 0.167 bits per heavy atom. The van der Waals surface area contributed by atoms with Crippen molar-refractivity contribution >= 4 is 0 Å². The summed E-state index contributed by atoms with van der Waals surface area (Å²) in [6, 6.07) is 0. The van der Waals surface area contributed by atoms with E-state index in [1.54, 1.807) is 0 Å². The Labute approximate surface area is 122 Å². The molecule has 3 aliphatic carbocycles. The lowest BCUT2D eigenvalue weighted by Crippen LogP contribution is -1.85. The summed E-state index contributed by atoms with van der Waals surface area (Å²) >= 11 is 0. The topological polar surface area (TPSA) is 0 Å². The molecule has 0 heterocycles. The predicted octanol–water partition coefficient (Wildman–Crippen LogP) is 8.50. The molecule has 120 valence electrons. The standard InChI is InChI=1S/3C4H8.6CH4/c3*1-2-4-3-1;;;;;;/h3*1-4H2;6*1H4. The lowest BCUT2D eigenvalue weighted by Gasteiger charge is -2.05. The normalized spacial score (nSPS) is 16.0. The van der Waals surface area contributed by atoms with Crippen molar-refractivity contribution in [1.82, 2.24) is 0 Å². The van der Waals surface area contributed by atoms with E-state index in [0.717, 1.165) is 0 Å². The first-order valence-corrected chi connectivity index (χ1v) is 6.00. The van der Waals surface area contributed by atoms with Crippen LogP contribution in [0.15, 0.2) is 0 Å².